The molecule has 2 saturated carbocycles. The zero-order chi connectivity index (χ0) is 28.8. The Morgan fingerprint density at radius 2 is 1.78 bits per heavy atom. The molecule has 0 spiro atoms. The molecule has 1 aliphatic heterocycles. The molecule has 216 valence electrons. The van der Waals surface area contributed by atoms with Crippen LogP contribution in [0.15, 0.2) is 48.7 Å². The number of hydrogen-bond donors (Lipinski definition) is 3. The van der Waals surface area contributed by atoms with E-state index in [1.165, 1.54) is 16.8 Å². The molecule has 3 fully saturated rings. The predicted molar refractivity (Wildman–Crippen MR) is 154 cm³/mol. The number of rotatable bonds is 6. The van der Waals surface area contributed by atoms with E-state index in [-0.39, 0.29) is 23.4 Å². The van der Waals surface area contributed by atoms with E-state index in [4.69, 9.17) is 5.10 Å². The van der Waals surface area contributed by atoms with E-state index in [9.17, 15) is 27.9 Å². The smallest absolute Gasteiger partial charge is 0.225 e. The minimum atomic E-state index is -2.50. The molecule has 11 heteroatoms. The molecule has 8 nitrogen and oxygen atoms in total. The fraction of sp³-hybridized carbons (Fsp3) is 0.433. The average Bonchev–Trinajstić information content (AvgIpc) is 3.60. The molecule has 0 bridgehead atoms. The summed E-state index contributed by atoms with van der Waals surface area (Å²) in [5.74, 6) is -1.48. The van der Waals surface area contributed by atoms with Gasteiger partial charge in [0.15, 0.2) is 5.82 Å². The third-order valence-corrected chi connectivity index (χ3v) is 10.3. The molecule has 0 unspecified atom stereocenters. The first-order valence-electron chi connectivity index (χ1n) is 14.0. The Kier molecular flexibility index (Phi) is 7.26. The van der Waals surface area contributed by atoms with Crippen LogP contribution in [0.25, 0.3) is 16.8 Å². The summed E-state index contributed by atoms with van der Waals surface area (Å²) in [5.41, 5.74) is 2.59. The Labute approximate surface area is 239 Å². The van der Waals surface area contributed by atoms with Crippen LogP contribution < -0.4 is 10.2 Å². The first-order chi connectivity index (χ1) is 19.7. The maximum Gasteiger partial charge on any atom is 0.225 e. The zero-order valence-corrected chi connectivity index (χ0v) is 23.4. The molecule has 1 saturated heterocycles. The van der Waals surface area contributed by atoms with Gasteiger partial charge in [-0.3, -0.25) is 13.9 Å². The molecule has 2 aliphatic carbocycles. The number of carbonyl (C=O) groups is 1. The van der Waals surface area contributed by atoms with Crippen LogP contribution >= 0.6 is 10.6 Å². The zero-order valence-electron chi connectivity index (χ0n) is 22.6. The number of nitrogens with zero attached hydrogens (tertiary/aromatic N) is 4. The number of halogens is 2. The van der Waals surface area contributed by atoms with Crippen LogP contribution in [0, 0.1) is 28.9 Å². The highest BCUT2D eigenvalue weighted by Crippen LogP contribution is 2.44. The van der Waals surface area contributed by atoms with E-state index in [1.54, 1.807) is 6.20 Å². The fourth-order valence-electron chi connectivity index (χ4n) is 6.00. The monoisotopic (exact) mass is 581 g/mol. The molecule has 6 rings (SSSR count). The topological polar surface area (TPSA) is 114 Å². The molecular weight excluding hydrogens is 548 g/mol. The Morgan fingerprint density at radius 3 is 2.44 bits per heavy atom. The van der Waals surface area contributed by atoms with Gasteiger partial charge < -0.3 is 10.2 Å². The maximum absolute atomic E-state index is 14.8. The molecule has 3 aromatic rings. The lowest BCUT2D eigenvalue weighted by Crippen LogP contribution is -2.42. The highest BCUT2D eigenvalue weighted by atomic mass is 32.3. The molecule has 0 radical (unpaired) electrons. The number of amides is 1. The molecule has 3 aliphatic rings. The summed E-state index contributed by atoms with van der Waals surface area (Å²) < 4.78 is 49.9. The van der Waals surface area contributed by atoms with E-state index < -0.39 is 27.8 Å². The van der Waals surface area contributed by atoms with Crippen molar-refractivity contribution in [1.82, 2.24) is 15.1 Å². The summed E-state index contributed by atoms with van der Waals surface area (Å²) in [5, 5.41) is 17.3. The first kappa shape index (κ1) is 27.7. The van der Waals surface area contributed by atoms with Gasteiger partial charge in [-0.15, -0.1) is 0 Å². The number of anilines is 1. The Hall–Kier alpha value is -3.46. The second-order valence-electron chi connectivity index (χ2n) is 11.4. The molecule has 2 aromatic carbocycles. The predicted octanol–water partition coefficient (Wildman–Crippen LogP) is 5.83. The van der Waals surface area contributed by atoms with Crippen molar-refractivity contribution in [3.63, 3.8) is 0 Å². The minimum Gasteiger partial charge on any atom is -0.368 e. The van der Waals surface area contributed by atoms with Gasteiger partial charge in [0.1, 0.15) is 17.0 Å². The normalized spacial score (nSPS) is 23.8. The van der Waals surface area contributed by atoms with Crippen molar-refractivity contribution in [3.8, 4) is 22.9 Å². The van der Waals surface area contributed by atoms with Crippen molar-refractivity contribution >= 4 is 22.2 Å². The van der Waals surface area contributed by atoms with Crippen LogP contribution in [-0.2, 0) is 4.79 Å². The van der Waals surface area contributed by atoms with E-state index in [0.717, 1.165) is 42.1 Å². The summed E-state index contributed by atoms with van der Waals surface area (Å²) in [6, 6.07) is 13.5. The lowest BCUT2D eigenvalue weighted by Gasteiger charge is -2.41. The molecular formula is C30H33F2N5O3S. The van der Waals surface area contributed by atoms with Crippen molar-refractivity contribution in [3.05, 3.63) is 66.0 Å². The van der Waals surface area contributed by atoms with Gasteiger partial charge in [-0.05, 0) is 55.5 Å². The molecule has 1 aromatic heterocycles. The van der Waals surface area contributed by atoms with Crippen LogP contribution in [0.5, 0.6) is 0 Å². The van der Waals surface area contributed by atoms with E-state index >= 15 is 0 Å². The van der Waals surface area contributed by atoms with E-state index in [1.807, 2.05) is 24.3 Å². The van der Waals surface area contributed by atoms with Gasteiger partial charge >= 0.3 is 0 Å². The summed E-state index contributed by atoms with van der Waals surface area (Å²) in [6.45, 7) is 1.11. The fourth-order valence-corrected chi connectivity index (χ4v) is 7.23. The number of nitriles is 1. The Morgan fingerprint density at radius 1 is 1.07 bits per heavy atom. The third-order valence-electron chi connectivity index (χ3n) is 8.60. The highest BCUT2D eigenvalue weighted by molar-refractivity contribution is 8.24. The first-order valence-corrected chi connectivity index (χ1v) is 15.9. The van der Waals surface area contributed by atoms with Gasteiger partial charge in [0, 0.05) is 48.4 Å². The number of carbonyl (C=O) groups excluding carboxylic acids is 1. The van der Waals surface area contributed by atoms with Crippen LogP contribution in [0.4, 0.5) is 14.5 Å². The van der Waals surface area contributed by atoms with Crippen molar-refractivity contribution in [2.75, 3.05) is 29.5 Å². The molecule has 3 N–H and O–H groups in total. The SMILES string of the molecule is N#CC1(NC(=O)[C@@H]2CCCC[C@H]2c2nn(-c3ccc(F)cc3F)cc2-c2ccc(N3CCS(O)(O)CC3)cc2)CC1. The third kappa shape index (κ3) is 5.69. The minimum absolute atomic E-state index is 0.112. The highest BCUT2D eigenvalue weighted by Gasteiger charge is 2.47. The van der Waals surface area contributed by atoms with Gasteiger partial charge in [-0.2, -0.15) is 21.0 Å². The molecule has 1 amide bonds. The summed E-state index contributed by atoms with van der Waals surface area (Å²) in [4.78, 5) is 15.6. The Bertz CT molecular complexity index is 1490. The number of benzene rings is 2. The number of hydrogen-bond acceptors (Lipinski definition) is 6. The van der Waals surface area contributed by atoms with Crippen LogP contribution in [-0.4, -0.2) is 54.9 Å². The maximum atomic E-state index is 14.8. The summed E-state index contributed by atoms with van der Waals surface area (Å²) in [7, 11) is -2.50. The van der Waals surface area contributed by atoms with Crippen molar-refractivity contribution < 1.29 is 22.7 Å². The van der Waals surface area contributed by atoms with Gasteiger partial charge in [0.25, 0.3) is 0 Å². The Balaban J connectivity index is 1.36. The largest absolute Gasteiger partial charge is 0.368 e. The van der Waals surface area contributed by atoms with Crippen LogP contribution in [0.1, 0.15) is 50.1 Å². The second kappa shape index (κ2) is 10.7. The van der Waals surface area contributed by atoms with E-state index in [2.05, 4.69) is 16.3 Å². The lowest BCUT2D eigenvalue weighted by molar-refractivity contribution is -0.127. The van der Waals surface area contributed by atoms with Gasteiger partial charge in [-0.25, -0.2) is 13.5 Å². The van der Waals surface area contributed by atoms with Gasteiger partial charge in [-0.1, -0.05) is 25.0 Å². The summed E-state index contributed by atoms with van der Waals surface area (Å²) in [6.07, 6.45) is 6.25. The second-order valence-corrected chi connectivity index (χ2v) is 13.8. The van der Waals surface area contributed by atoms with Crippen molar-refractivity contribution in [2.24, 2.45) is 5.92 Å². The lowest BCUT2D eigenvalue weighted by atomic mass is 9.75. The van der Waals surface area contributed by atoms with E-state index in [0.29, 0.717) is 49.6 Å². The van der Waals surface area contributed by atoms with Crippen LogP contribution in [0.2, 0.25) is 0 Å². The number of nitrogens with one attached hydrogen (secondary N) is 1. The standard InChI is InChI=1S/C30H33F2N5O3S/c31-21-7-10-27(26(32)17-21)37-18-25(20-5-8-22(9-6-20)36-13-15-41(39,40)16-14-36)28(35-37)23-3-1-2-4-24(23)29(38)34-30(19-33)11-12-30/h5-10,17-18,23-24,39-40H,1-4,11-16H2,(H,34,38)/t23-,24-/m1/s1. The molecule has 2 atom stereocenters. The molecule has 41 heavy (non-hydrogen) atoms. The quantitative estimate of drug-likeness (QED) is 0.337. The van der Waals surface area contributed by atoms with Crippen LogP contribution in [0.3, 0.4) is 0 Å². The molecule has 2 heterocycles. The van der Waals surface area contributed by atoms with Crippen molar-refractivity contribution in [2.45, 2.75) is 50.0 Å². The number of aromatic nitrogens is 2. The van der Waals surface area contributed by atoms with Crippen molar-refractivity contribution in [1.29, 1.82) is 5.26 Å². The van der Waals surface area contributed by atoms with Gasteiger partial charge in [0.2, 0.25) is 5.91 Å². The van der Waals surface area contributed by atoms with Gasteiger partial charge in [0.05, 0.1) is 23.3 Å². The average molecular weight is 582 g/mol. The summed E-state index contributed by atoms with van der Waals surface area (Å²) >= 11 is 0.